The van der Waals surface area contributed by atoms with Gasteiger partial charge in [-0.1, -0.05) is 18.2 Å². The SMILES string of the molecule is COCCN1CCC2(CCN(C(=O)CCS(=O)(=O)c3ccccc3)C2)C1=O. The first kappa shape index (κ1) is 19.8. The molecule has 0 radical (unpaired) electrons. The van der Waals surface area contributed by atoms with Gasteiger partial charge in [-0.15, -0.1) is 0 Å². The number of rotatable bonds is 7. The highest BCUT2D eigenvalue weighted by Gasteiger charge is 2.51. The molecule has 0 aliphatic carbocycles. The zero-order chi connectivity index (χ0) is 19.5. The summed E-state index contributed by atoms with van der Waals surface area (Å²) in [6.45, 7) is 2.66. The summed E-state index contributed by atoms with van der Waals surface area (Å²) in [5.41, 5.74) is -0.498. The summed E-state index contributed by atoms with van der Waals surface area (Å²) in [7, 11) is -1.87. The molecular formula is C19H26N2O5S. The Balaban J connectivity index is 1.56. The van der Waals surface area contributed by atoms with Crippen LogP contribution >= 0.6 is 0 Å². The van der Waals surface area contributed by atoms with Crippen LogP contribution in [0.15, 0.2) is 35.2 Å². The second-order valence-corrected chi connectivity index (χ2v) is 9.37. The van der Waals surface area contributed by atoms with Crippen molar-refractivity contribution < 1.29 is 22.7 Å². The maximum absolute atomic E-state index is 12.7. The van der Waals surface area contributed by atoms with E-state index in [4.69, 9.17) is 4.74 Å². The van der Waals surface area contributed by atoms with E-state index in [1.165, 1.54) is 12.1 Å². The van der Waals surface area contributed by atoms with Gasteiger partial charge in [0, 0.05) is 39.7 Å². The molecule has 2 saturated heterocycles. The molecule has 0 aromatic heterocycles. The van der Waals surface area contributed by atoms with Crippen molar-refractivity contribution in [2.45, 2.75) is 24.2 Å². The minimum atomic E-state index is -3.48. The molecule has 27 heavy (non-hydrogen) atoms. The van der Waals surface area contributed by atoms with Gasteiger partial charge in [0.05, 0.1) is 22.7 Å². The molecule has 1 aromatic carbocycles. The number of nitrogens with zero attached hydrogens (tertiary/aromatic N) is 2. The molecule has 2 amide bonds. The summed E-state index contributed by atoms with van der Waals surface area (Å²) in [6.07, 6.45) is 1.32. The zero-order valence-corrected chi connectivity index (χ0v) is 16.4. The Labute approximate surface area is 160 Å². The van der Waals surface area contributed by atoms with Crippen LogP contribution in [0, 0.1) is 5.41 Å². The number of likely N-dealkylation sites (tertiary alicyclic amines) is 2. The first-order valence-electron chi connectivity index (χ1n) is 9.22. The van der Waals surface area contributed by atoms with Crippen LogP contribution in [0.3, 0.4) is 0 Å². The third-order valence-electron chi connectivity index (χ3n) is 5.56. The largest absolute Gasteiger partial charge is 0.383 e. The van der Waals surface area contributed by atoms with Gasteiger partial charge in [-0.25, -0.2) is 8.42 Å². The number of hydrogen-bond donors (Lipinski definition) is 0. The van der Waals surface area contributed by atoms with Gasteiger partial charge in [-0.3, -0.25) is 9.59 Å². The molecule has 1 atom stereocenters. The summed E-state index contributed by atoms with van der Waals surface area (Å²) >= 11 is 0. The zero-order valence-electron chi connectivity index (χ0n) is 15.6. The lowest BCUT2D eigenvalue weighted by atomic mass is 9.85. The van der Waals surface area contributed by atoms with Gasteiger partial charge in [0.1, 0.15) is 0 Å². The van der Waals surface area contributed by atoms with Gasteiger partial charge in [0.15, 0.2) is 9.84 Å². The standard InChI is InChI=1S/C19H26N2O5S/c1-26-13-12-20-10-8-19(18(20)23)9-11-21(15-19)17(22)7-14-27(24,25)16-5-3-2-4-6-16/h2-6H,7-15H2,1H3. The van der Waals surface area contributed by atoms with E-state index >= 15 is 0 Å². The third kappa shape index (κ3) is 4.16. The summed E-state index contributed by atoms with van der Waals surface area (Å²) < 4.78 is 29.8. The summed E-state index contributed by atoms with van der Waals surface area (Å²) in [6, 6.07) is 8.16. The molecule has 0 bridgehead atoms. The van der Waals surface area contributed by atoms with Crippen molar-refractivity contribution in [1.29, 1.82) is 0 Å². The lowest BCUT2D eigenvalue weighted by molar-refractivity contribution is -0.136. The molecule has 148 valence electrons. The van der Waals surface area contributed by atoms with E-state index in [0.717, 1.165) is 6.42 Å². The average Bonchev–Trinajstić information content (AvgIpc) is 3.24. The Bertz CT molecular complexity index is 796. The maximum atomic E-state index is 12.7. The Morgan fingerprint density at radius 1 is 1.19 bits per heavy atom. The Morgan fingerprint density at radius 2 is 1.89 bits per heavy atom. The highest BCUT2D eigenvalue weighted by atomic mass is 32.2. The molecule has 8 heteroatoms. The number of carbonyl (C=O) groups excluding carboxylic acids is 2. The van der Waals surface area contributed by atoms with Gasteiger partial charge in [0.25, 0.3) is 0 Å². The molecule has 1 spiro atoms. The Hall–Kier alpha value is -1.93. The van der Waals surface area contributed by atoms with E-state index in [2.05, 4.69) is 0 Å². The minimum Gasteiger partial charge on any atom is -0.383 e. The van der Waals surface area contributed by atoms with Crippen molar-refractivity contribution in [3.05, 3.63) is 30.3 Å². The summed E-state index contributed by atoms with van der Waals surface area (Å²) in [5, 5.41) is 0. The van der Waals surface area contributed by atoms with Crippen LogP contribution in [0.25, 0.3) is 0 Å². The minimum absolute atomic E-state index is 0.0606. The van der Waals surface area contributed by atoms with Crippen molar-refractivity contribution in [3.8, 4) is 0 Å². The molecule has 2 aliphatic heterocycles. The van der Waals surface area contributed by atoms with Crippen molar-refractivity contribution in [1.82, 2.24) is 9.80 Å². The lowest BCUT2D eigenvalue weighted by Crippen LogP contribution is -2.39. The second-order valence-electron chi connectivity index (χ2n) is 7.26. The van der Waals surface area contributed by atoms with E-state index < -0.39 is 15.3 Å². The molecule has 2 heterocycles. The van der Waals surface area contributed by atoms with Crippen molar-refractivity contribution in [3.63, 3.8) is 0 Å². The number of methoxy groups -OCH3 is 1. The van der Waals surface area contributed by atoms with Crippen molar-refractivity contribution >= 4 is 21.7 Å². The van der Waals surface area contributed by atoms with Crippen LogP contribution < -0.4 is 0 Å². The fourth-order valence-electron chi connectivity index (χ4n) is 3.90. The number of ether oxygens (including phenoxy) is 1. The maximum Gasteiger partial charge on any atom is 0.230 e. The average molecular weight is 394 g/mol. The fraction of sp³-hybridized carbons (Fsp3) is 0.579. The van der Waals surface area contributed by atoms with Crippen LogP contribution in [0.4, 0.5) is 0 Å². The number of sulfone groups is 1. The molecule has 7 nitrogen and oxygen atoms in total. The van der Waals surface area contributed by atoms with Gasteiger partial charge < -0.3 is 14.5 Å². The normalized spacial score (nSPS) is 22.8. The quantitative estimate of drug-likeness (QED) is 0.687. The molecule has 3 rings (SSSR count). The Morgan fingerprint density at radius 3 is 2.59 bits per heavy atom. The molecule has 0 saturated carbocycles. The van der Waals surface area contributed by atoms with Gasteiger partial charge in [-0.2, -0.15) is 0 Å². The van der Waals surface area contributed by atoms with Gasteiger partial charge in [-0.05, 0) is 25.0 Å². The molecule has 1 aromatic rings. The fourth-order valence-corrected chi connectivity index (χ4v) is 5.15. The topological polar surface area (TPSA) is 84.0 Å². The second kappa shape index (κ2) is 7.98. The molecule has 1 unspecified atom stereocenters. The predicted octanol–water partition coefficient (Wildman–Crippen LogP) is 0.948. The third-order valence-corrected chi connectivity index (χ3v) is 7.29. The highest BCUT2D eigenvalue weighted by molar-refractivity contribution is 7.91. The van der Waals surface area contributed by atoms with Crippen LogP contribution in [0.1, 0.15) is 19.3 Å². The van der Waals surface area contributed by atoms with Crippen LogP contribution in [0.5, 0.6) is 0 Å². The van der Waals surface area contributed by atoms with E-state index in [9.17, 15) is 18.0 Å². The highest BCUT2D eigenvalue weighted by Crippen LogP contribution is 2.40. The number of hydrogen-bond acceptors (Lipinski definition) is 5. The first-order valence-corrected chi connectivity index (χ1v) is 10.9. The number of carbonyl (C=O) groups is 2. The molecule has 0 N–H and O–H groups in total. The van der Waals surface area contributed by atoms with Crippen molar-refractivity contribution in [2.24, 2.45) is 5.41 Å². The Kier molecular flexibility index (Phi) is 5.86. The van der Waals surface area contributed by atoms with Crippen LogP contribution in [0.2, 0.25) is 0 Å². The number of benzene rings is 1. The van der Waals surface area contributed by atoms with Crippen molar-refractivity contribution in [2.75, 3.05) is 45.6 Å². The molecule has 2 fully saturated rings. The van der Waals surface area contributed by atoms with Crippen LogP contribution in [-0.2, 0) is 24.2 Å². The van der Waals surface area contributed by atoms with E-state index in [-0.39, 0.29) is 28.9 Å². The first-order chi connectivity index (χ1) is 12.9. The molecule has 2 aliphatic rings. The van der Waals surface area contributed by atoms with Gasteiger partial charge >= 0.3 is 0 Å². The summed E-state index contributed by atoms with van der Waals surface area (Å²) in [5.74, 6) is -0.325. The predicted molar refractivity (Wildman–Crippen MR) is 99.8 cm³/mol. The lowest BCUT2D eigenvalue weighted by Gasteiger charge is -2.23. The molecular weight excluding hydrogens is 368 g/mol. The monoisotopic (exact) mass is 394 g/mol. The van der Waals surface area contributed by atoms with Gasteiger partial charge in [0.2, 0.25) is 11.8 Å². The smallest absolute Gasteiger partial charge is 0.230 e. The van der Waals surface area contributed by atoms with E-state index in [0.29, 0.717) is 39.2 Å². The van der Waals surface area contributed by atoms with E-state index in [1.807, 2.05) is 0 Å². The summed E-state index contributed by atoms with van der Waals surface area (Å²) in [4.78, 5) is 29.0. The van der Waals surface area contributed by atoms with Crippen LogP contribution in [-0.4, -0.2) is 75.7 Å². The van der Waals surface area contributed by atoms with E-state index in [1.54, 1.807) is 35.1 Å². The number of amides is 2.